The monoisotopic (exact) mass is 319 g/mol. The summed E-state index contributed by atoms with van der Waals surface area (Å²) >= 11 is 6.13. The molecule has 7 heteroatoms. The minimum absolute atomic E-state index is 0.239. The highest BCUT2D eigenvalue weighted by atomic mass is 35.5. The highest BCUT2D eigenvalue weighted by molar-refractivity contribution is 6.31. The van der Waals surface area contributed by atoms with Crippen LogP contribution in [-0.4, -0.2) is 34.4 Å². The SMILES string of the molecule is Clc1ccccc1CNc1cnnc(NCC2CCCO2)n1. The highest BCUT2D eigenvalue weighted by Crippen LogP contribution is 2.16. The first kappa shape index (κ1) is 15.0. The van der Waals surface area contributed by atoms with Gasteiger partial charge in [-0.25, -0.2) is 0 Å². The van der Waals surface area contributed by atoms with E-state index in [-0.39, 0.29) is 6.10 Å². The zero-order valence-electron chi connectivity index (χ0n) is 12.1. The fourth-order valence-electron chi connectivity index (χ4n) is 2.30. The van der Waals surface area contributed by atoms with Crippen molar-refractivity contribution in [1.29, 1.82) is 0 Å². The maximum Gasteiger partial charge on any atom is 0.244 e. The van der Waals surface area contributed by atoms with Gasteiger partial charge in [0.2, 0.25) is 5.95 Å². The number of ether oxygens (including phenoxy) is 1. The van der Waals surface area contributed by atoms with Crippen molar-refractivity contribution < 1.29 is 4.74 Å². The number of hydrogen-bond acceptors (Lipinski definition) is 6. The molecule has 1 aromatic carbocycles. The molecule has 2 N–H and O–H groups in total. The number of anilines is 2. The average molecular weight is 320 g/mol. The van der Waals surface area contributed by atoms with Crippen molar-refractivity contribution in [3.63, 3.8) is 0 Å². The summed E-state index contributed by atoms with van der Waals surface area (Å²) in [6, 6.07) is 7.70. The smallest absolute Gasteiger partial charge is 0.244 e. The number of hydrogen-bond donors (Lipinski definition) is 2. The molecule has 0 amide bonds. The summed E-state index contributed by atoms with van der Waals surface area (Å²) in [6.45, 7) is 2.13. The summed E-state index contributed by atoms with van der Waals surface area (Å²) < 4.78 is 5.55. The van der Waals surface area contributed by atoms with E-state index in [2.05, 4.69) is 25.8 Å². The van der Waals surface area contributed by atoms with E-state index >= 15 is 0 Å². The second kappa shape index (κ2) is 7.38. The Kier molecular flexibility index (Phi) is 5.03. The van der Waals surface area contributed by atoms with E-state index in [4.69, 9.17) is 16.3 Å². The predicted octanol–water partition coefficient (Wildman–Crippen LogP) is 2.73. The van der Waals surface area contributed by atoms with Gasteiger partial charge in [-0.05, 0) is 24.5 Å². The molecule has 116 valence electrons. The second-order valence-corrected chi connectivity index (χ2v) is 5.53. The molecular formula is C15H18ClN5O. The van der Waals surface area contributed by atoms with Gasteiger partial charge in [0.15, 0.2) is 5.82 Å². The number of halogens is 1. The number of aromatic nitrogens is 3. The van der Waals surface area contributed by atoms with Gasteiger partial charge in [0.25, 0.3) is 0 Å². The summed E-state index contributed by atoms with van der Waals surface area (Å²) in [5.41, 5.74) is 1.01. The van der Waals surface area contributed by atoms with Crippen molar-refractivity contribution in [3.05, 3.63) is 41.0 Å². The van der Waals surface area contributed by atoms with Crippen LogP contribution >= 0.6 is 11.6 Å². The number of benzene rings is 1. The Morgan fingerprint density at radius 1 is 1.27 bits per heavy atom. The Bertz CT molecular complexity index is 618. The van der Waals surface area contributed by atoms with Crippen molar-refractivity contribution in [2.24, 2.45) is 0 Å². The predicted molar refractivity (Wildman–Crippen MR) is 86.1 cm³/mol. The maximum absolute atomic E-state index is 6.13. The summed E-state index contributed by atoms with van der Waals surface area (Å²) in [6.07, 6.45) is 4.02. The minimum atomic E-state index is 0.239. The quantitative estimate of drug-likeness (QED) is 0.853. The van der Waals surface area contributed by atoms with Crippen LogP contribution in [0.15, 0.2) is 30.5 Å². The molecule has 1 aromatic heterocycles. The third-order valence-corrected chi connectivity index (χ3v) is 3.86. The second-order valence-electron chi connectivity index (χ2n) is 5.13. The van der Waals surface area contributed by atoms with Crippen molar-refractivity contribution in [2.75, 3.05) is 23.8 Å². The van der Waals surface area contributed by atoms with Crippen molar-refractivity contribution in [1.82, 2.24) is 15.2 Å². The zero-order chi connectivity index (χ0) is 15.2. The third-order valence-electron chi connectivity index (χ3n) is 3.49. The summed E-state index contributed by atoms with van der Waals surface area (Å²) in [5, 5.41) is 15.0. The van der Waals surface area contributed by atoms with Crippen LogP contribution in [0.1, 0.15) is 18.4 Å². The highest BCUT2D eigenvalue weighted by Gasteiger charge is 2.15. The molecule has 1 fully saturated rings. The third kappa shape index (κ3) is 4.05. The molecule has 1 aliphatic rings. The zero-order valence-corrected chi connectivity index (χ0v) is 12.9. The Morgan fingerprint density at radius 2 is 2.18 bits per heavy atom. The first-order chi connectivity index (χ1) is 10.8. The normalized spacial score (nSPS) is 17.4. The first-order valence-electron chi connectivity index (χ1n) is 7.34. The lowest BCUT2D eigenvalue weighted by molar-refractivity contribution is 0.120. The molecule has 2 aromatic rings. The Balaban J connectivity index is 1.55. The number of rotatable bonds is 6. The molecule has 1 aliphatic heterocycles. The van der Waals surface area contributed by atoms with Gasteiger partial charge in [0.05, 0.1) is 12.3 Å². The van der Waals surface area contributed by atoms with Gasteiger partial charge < -0.3 is 15.4 Å². The van der Waals surface area contributed by atoms with Gasteiger partial charge in [-0.2, -0.15) is 10.1 Å². The van der Waals surface area contributed by atoms with Gasteiger partial charge in [-0.1, -0.05) is 29.8 Å². The molecule has 3 rings (SSSR count). The molecule has 0 radical (unpaired) electrons. The van der Waals surface area contributed by atoms with Crippen molar-refractivity contribution in [2.45, 2.75) is 25.5 Å². The van der Waals surface area contributed by atoms with Gasteiger partial charge >= 0.3 is 0 Å². The van der Waals surface area contributed by atoms with E-state index in [9.17, 15) is 0 Å². The van der Waals surface area contributed by atoms with Gasteiger partial charge in [-0.3, -0.25) is 0 Å². The van der Waals surface area contributed by atoms with E-state index < -0.39 is 0 Å². The lowest BCUT2D eigenvalue weighted by atomic mass is 10.2. The van der Waals surface area contributed by atoms with Gasteiger partial charge in [-0.15, -0.1) is 5.10 Å². The van der Waals surface area contributed by atoms with Crippen LogP contribution in [0.3, 0.4) is 0 Å². The van der Waals surface area contributed by atoms with Crippen LogP contribution < -0.4 is 10.6 Å². The van der Waals surface area contributed by atoms with Crippen LogP contribution in [0.5, 0.6) is 0 Å². The first-order valence-corrected chi connectivity index (χ1v) is 7.71. The Labute approximate surface area is 134 Å². The molecule has 1 unspecified atom stereocenters. The molecular weight excluding hydrogens is 302 g/mol. The maximum atomic E-state index is 6.13. The van der Waals surface area contributed by atoms with E-state index in [0.717, 1.165) is 30.0 Å². The van der Waals surface area contributed by atoms with Crippen LogP contribution in [0.4, 0.5) is 11.8 Å². The standard InChI is InChI=1S/C15H18ClN5O/c16-13-6-2-1-4-11(13)8-17-14-10-19-21-15(20-14)18-9-12-5-3-7-22-12/h1-2,4,6,10,12H,3,5,7-9H2,(H2,17,18,20,21). The lowest BCUT2D eigenvalue weighted by Gasteiger charge is -2.11. The fourth-order valence-corrected chi connectivity index (χ4v) is 2.50. The fraction of sp³-hybridized carbons (Fsp3) is 0.400. The Morgan fingerprint density at radius 3 is 3.00 bits per heavy atom. The van der Waals surface area contributed by atoms with E-state index in [1.165, 1.54) is 0 Å². The largest absolute Gasteiger partial charge is 0.376 e. The summed E-state index contributed by atoms with van der Waals surface area (Å²) in [7, 11) is 0. The molecule has 0 aliphatic carbocycles. The summed E-state index contributed by atoms with van der Waals surface area (Å²) in [5.74, 6) is 1.16. The van der Waals surface area contributed by atoms with Crippen LogP contribution in [0.2, 0.25) is 5.02 Å². The van der Waals surface area contributed by atoms with E-state index in [0.29, 0.717) is 24.9 Å². The van der Waals surface area contributed by atoms with Crippen LogP contribution in [0, 0.1) is 0 Å². The molecule has 1 atom stereocenters. The van der Waals surface area contributed by atoms with Crippen molar-refractivity contribution in [3.8, 4) is 0 Å². The molecule has 0 bridgehead atoms. The molecule has 22 heavy (non-hydrogen) atoms. The van der Waals surface area contributed by atoms with Crippen LogP contribution in [0.25, 0.3) is 0 Å². The summed E-state index contributed by atoms with van der Waals surface area (Å²) in [4.78, 5) is 4.38. The molecule has 0 spiro atoms. The van der Waals surface area contributed by atoms with Crippen molar-refractivity contribution >= 4 is 23.4 Å². The van der Waals surface area contributed by atoms with E-state index in [1.807, 2.05) is 24.3 Å². The Hall–Kier alpha value is -1.92. The van der Waals surface area contributed by atoms with Gasteiger partial charge in [0.1, 0.15) is 0 Å². The average Bonchev–Trinajstić information content (AvgIpc) is 3.06. The lowest BCUT2D eigenvalue weighted by Crippen LogP contribution is -2.20. The van der Waals surface area contributed by atoms with Gasteiger partial charge in [0, 0.05) is 24.7 Å². The minimum Gasteiger partial charge on any atom is -0.376 e. The van der Waals surface area contributed by atoms with E-state index in [1.54, 1.807) is 6.20 Å². The molecule has 6 nitrogen and oxygen atoms in total. The van der Waals surface area contributed by atoms with Crippen LogP contribution in [-0.2, 0) is 11.3 Å². The topological polar surface area (TPSA) is 72.0 Å². The number of nitrogens with zero attached hydrogens (tertiary/aromatic N) is 3. The molecule has 2 heterocycles. The molecule has 1 saturated heterocycles. The number of nitrogens with one attached hydrogen (secondary N) is 2. The molecule has 0 saturated carbocycles.